The molecule has 0 radical (unpaired) electrons. The molecule has 1 heterocycles. The molecule has 2 aromatic carbocycles. The zero-order valence-electron chi connectivity index (χ0n) is 12.8. The van der Waals surface area contributed by atoms with E-state index in [2.05, 4.69) is 10.3 Å². The van der Waals surface area contributed by atoms with Gasteiger partial charge in [-0.05, 0) is 29.1 Å². The minimum atomic E-state index is -1.01. The van der Waals surface area contributed by atoms with E-state index in [4.69, 9.17) is 0 Å². The molecule has 2 atom stereocenters. The fourth-order valence-electron chi connectivity index (χ4n) is 2.57. The van der Waals surface area contributed by atoms with Crippen molar-refractivity contribution in [3.05, 3.63) is 71.9 Å². The van der Waals surface area contributed by atoms with Gasteiger partial charge in [0.2, 0.25) is 0 Å². The number of carbonyl (C=O) groups excluding carboxylic acids is 1. The first-order valence-corrected chi connectivity index (χ1v) is 9.09. The van der Waals surface area contributed by atoms with Gasteiger partial charge in [-0.2, -0.15) is 0 Å². The monoisotopic (exact) mass is 326 g/mol. The van der Waals surface area contributed by atoms with Crippen LogP contribution in [0.1, 0.15) is 22.0 Å². The molecule has 0 aliphatic rings. The number of rotatable bonds is 5. The quantitative estimate of drug-likeness (QED) is 0.757. The molecule has 0 bridgehead atoms. The molecule has 0 saturated heterocycles. The van der Waals surface area contributed by atoms with Crippen LogP contribution in [0.2, 0.25) is 0 Å². The lowest BCUT2D eigenvalue weighted by atomic mass is 10.1. The molecular formula is C18H18N2O2S. The summed E-state index contributed by atoms with van der Waals surface area (Å²) in [7, 11) is -1.01. The minimum absolute atomic E-state index is 0.166. The number of aromatic nitrogens is 1. The van der Waals surface area contributed by atoms with E-state index in [9.17, 15) is 9.00 Å². The van der Waals surface area contributed by atoms with Gasteiger partial charge in [-0.3, -0.25) is 9.00 Å². The van der Waals surface area contributed by atoms with Crippen LogP contribution in [0.3, 0.4) is 0 Å². The van der Waals surface area contributed by atoms with Gasteiger partial charge in [-0.1, -0.05) is 36.4 Å². The Morgan fingerprint density at radius 3 is 2.70 bits per heavy atom. The number of nitrogens with one attached hydrogen (secondary N) is 2. The van der Waals surface area contributed by atoms with Crippen molar-refractivity contribution in [1.29, 1.82) is 0 Å². The summed E-state index contributed by atoms with van der Waals surface area (Å²) in [6.07, 6.45) is 3.49. The van der Waals surface area contributed by atoms with Gasteiger partial charge in [0, 0.05) is 40.1 Å². The van der Waals surface area contributed by atoms with E-state index in [0.29, 0.717) is 11.3 Å². The summed E-state index contributed by atoms with van der Waals surface area (Å²) < 4.78 is 11.6. The first-order chi connectivity index (χ1) is 11.1. The van der Waals surface area contributed by atoms with E-state index in [-0.39, 0.29) is 11.9 Å². The summed E-state index contributed by atoms with van der Waals surface area (Å²) in [5.74, 6) is 0.223. The Labute approximate surface area is 137 Å². The molecule has 0 aliphatic carbocycles. The van der Waals surface area contributed by atoms with Crippen molar-refractivity contribution in [2.75, 3.05) is 12.0 Å². The topological polar surface area (TPSA) is 62.0 Å². The second kappa shape index (κ2) is 6.79. The Bertz CT molecular complexity index is 842. The first kappa shape index (κ1) is 15.5. The lowest BCUT2D eigenvalue weighted by Gasteiger charge is -2.18. The van der Waals surface area contributed by atoms with Gasteiger partial charge < -0.3 is 10.3 Å². The number of fused-ring (bicyclic) bond motifs is 1. The summed E-state index contributed by atoms with van der Waals surface area (Å²) in [4.78, 5) is 15.7. The third-order valence-electron chi connectivity index (χ3n) is 3.73. The van der Waals surface area contributed by atoms with Gasteiger partial charge >= 0.3 is 0 Å². The number of benzene rings is 2. The smallest absolute Gasteiger partial charge is 0.251 e. The van der Waals surface area contributed by atoms with Crippen molar-refractivity contribution in [3.8, 4) is 0 Å². The fraction of sp³-hybridized carbons (Fsp3) is 0.167. The van der Waals surface area contributed by atoms with Crippen LogP contribution in [0.5, 0.6) is 0 Å². The van der Waals surface area contributed by atoms with Crippen molar-refractivity contribution in [3.63, 3.8) is 0 Å². The highest BCUT2D eigenvalue weighted by Gasteiger charge is 2.17. The molecule has 0 unspecified atom stereocenters. The van der Waals surface area contributed by atoms with Crippen LogP contribution < -0.4 is 5.32 Å². The predicted molar refractivity (Wildman–Crippen MR) is 93.9 cm³/mol. The molecule has 4 nitrogen and oxygen atoms in total. The number of hydrogen-bond acceptors (Lipinski definition) is 2. The van der Waals surface area contributed by atoms with Gasteiger partial charge in [0.1, 0.15) is 0 Å². The van der Waals surface area contributed by atoms with Crippen LogP contribution in [-0.4, -0.2) is 27.1 Å². The molecular weight excluding hydrogens is 308 g/mol. The molecule has 118 valence electrons. The molecule has 0 fully saturated rings. The first-order valence-electron chi connectivity index (χ1n) is 7.36. The Morgan fingerprint density at radius 2 is 1.96 bits per heavy atom. The zero-order valence-corrected chi connectivity index (χ0v) is 13.6. The van der Waals surface area contributed by atoms with Crippen LogP contribution in [0.25, 0.3) is 10.9 Å². The maximum atomic E-state index is 12.6. The third-order valence-corrected chi connectivity index (χ3v) is 4.53. The maximum Gasteiger partial charge on any atom is 0.251 e. The van der Waals surface area contributed by atoms with Crippen molar-refractivity contribution < 1.29 is 9.00 Å². The Morgan fingerprint density at radius 1 is 1.17 bits per heavy atom. The molecule has 5 heteroatoms. The number of hydrogen-bond donors (Lipinski definition) is 2. The molecule has 2 N–H and O–H groups in total. The van der Waals surface area contributed by atoms with Crippen molar-refractivity contribution >= 4 is 27.6 Å². The average molecular weight is 326 g/mol. The number of H-pyrrole nitrogens is 1. The van der Waals surface area contributed by atoms with Gasteiger partial charge in [0.05, 0.1) is 6.04 Å². The second-order valence-corrected chi connectivity index (χ2v) is 6.94. The Hall–Kier alpha value is -2.40. The zero-order chi connectivity index (χ0) is 16.2. The van der Waals surface area contributed by atoms with E-state index in [0.717, 1.165) is 16.5 Å². The predicted octanol–water partition coefficient (Wildman–Crippen LogP) is 3.02. The second-order valence-electron chi connectivity index (χ2n) is 5.46. The summed E-state index contributed by atoms with van der Waals surface area (Å²) in [5, 5.41) is 4.06. The van der Waals surface area contributed by atoms with E-state index in [1.165, 1.54) is 0 Å². The van der Waals surface area contributed by atoms with Gasteiger partial charge in [-0.25, -0.2) is 0 Å². The molecule has 0 saturated carbocycles. The van der Waals surface area contributed by atoms with E-state index in [1.54, 1.807) is 12.3 Å². The van der Waals surface area contributed by atoms with E-state index < -0.39 is 10.8 Å². The molecule has 23 heavy (non-hydrogen) atoms. The minimum Gasteiger partial charge on any atom is -0.361 e. The highest BCUT2D eigenvalue weighted by atomic mass is 32.2. The highest BCUT2D eigenvalue weighted by Crippen LogP contribution is 2.17. The normalized spacial score (nSPS) is 13.6. The van der Waals surface area contributed by atoms with Crippen molar-refractivity contribution in [2.24, 2.45) is 0 Å². The lowest BCUT2D eigenvalue weighted by Crippen LogP contribution is -2.31. The summed E-state index contributed by atoms with van der Waals surface area (Å²) in [5.41, 5.74) is 2.47. The van der Waals surface area contributed by atoms with Crippen LogP contribution in [0.4, 0.5) is 0 Å². The third kappa shape index (κ3) is 3.68. The van der Waals surface area contributed by atoms with Gasteiger partial charge in [0.15, 0.2) is 0 Å². The SMILES string of the molecule is C[S@](=O)C[C@@H](NC(=O)c1ccc2cc[nH]c2c1)c1ccccc1. The summed E-state index contributed by atoms with van der Waals surface area (Å²) in [6, 6.07) is 16.9. The van der Waals surface area contributed by atoms with Crippen LogP contribution in [0.15, 0.2) is 60.8 Å². The molecule has 1 aromatic heterocycles. The Kier molecular flexibility index (Phi) is 4.57. The van der Waals surface area contributed by atoms with Crippen molar-refractivity contribution in [1.82, 2.24) is 10.3 Å². The number of amides is 1. The number of carbonyl (C=O) groups is 1. The van der Waals surface area contributed by atoms with Crippen LogP contribution >= 0.6 is 0 Å². The summed E-state index contributed by atoms with van der Waals surface area (Å²) in [6.45, 7) is 0. The summed E-state index contributed by atoms with van der Waals surface area (Å²) >= 11 is 0. The fourth-order valence-corrected chi connectivity index (χ4v) is 3.32. The average Bonchev–Trinajstić information content (AvgIpc) is 3.02. The van der Waals surface area contributed by atoms with Crippen LogP contribution in [0, 0.1) is 0 Å². The number of aromatic amines is 1. The van der Waals surface area contributed by atoms with Gasteiger partial charge in [0.25, 0.3) is 5.91 Å². The molecule has 3 aromatic rings. The van der Waals surface area contributed by atoms with Crippen molar-refractivity contribution in [2.45, 2.75) is 6.04 Å². The Balaban J connectivity index is 1.83. The molecule has 0 aliphatic heterocycles. The largest absolute Gasteiger partial charge is 0.361 e. The molecule has 0 spiro atoms. The lowest BCUT2D eigenvalue weighted by molar-refractivity contribution is 0.0940. The van der Waals surface area contributed by atoms with E-state index in [1.807, 2.05) is 54.7 Å². The van der Waals surface area contributed by atoms with Crippen LogP contribution in [-0.2, 0) is 10.8 Å². The molecule has 3 rings (SSSR count). The standard InChI is InChI=1S/C18H18N2O2S/c1-23(22)12-17(13-5-3-2-4-6-13)20-18(21)15-8-7-14-9-10-19-16(14)11-15/h2-11,17,19H,12H2,1H3,(H,20,21)/t17-,23+/m1/s1. The van der Waals surface area contributed by atoms with Gasteiger partial charge in [-0.15, -0.1) is 0 Å². The highest BCUT2D eigenvalue weighted by molar-refractivity contribution is 7.84. The van der Waals surface area contributed by atoms with E-state index >= 15 is 0 Å². The molecule has 1 amide bonds. The maximum absolute atomic E-state index is 12.6.